The first kappa shape index (κ1) is 15.0. The van der Waals surface area contributed by atoms with E-state index in [1.165, 1.54) is 0 Å². The molecule has 2 rings (SSSR count). The fourth-order valence-corrected chi connectivity index (χ4v) is 2.52. The van der Waals surface area contributed by atoms with Gasteiger partial charge in [-0.05, 0) is 26.3 Å². The Bertz CT molecular complexity index is 433. The van der Waals surface area contributed by atoms with Crippen molar-refractivity contribution in [2.45, 2.75) is 32.9 Å². The van der Waals surface area contributed by atoms with Gasteiger partial charge in [0.15, 0.2) is 5.76 Å². The van der Waals surface area contributed by atoms with E-state index in [9.17, 15) is 4.79 Å². The summed E-state index contributed by atoms with van der Waals surface area (Å²) in [7, 11) is 1.62. The normalized spacial score (nSPS) is 20.0. The molecular weight excluding hydrogens is 260 g/mol. The van der Waals surface area contributed by atoms with Crippen LogP contribution in [0.1, 0.15) is 31.2 Å². The Morgan fingerprint density at radius 1 is 1.60 bits per heavy atom. The highest BCUT2D eigenvalue weighted by Gasteiger charge is 2.27. The number of aromatic nitrogens is 1. The number of hydrogen-bond donors (Lipinski definition) is 0. The molecule has 0 aromatic carbocycles. The molecular formula is C14H22N2O4. The Morgan fingerprint density at radius 2 is 2.45 bits per heavy atom. The van der Waals surface area contributed by atoms with E-state index in [1.54, 1.807) is 7.11 Å². The van der Waals surface area contributed by atoms with E-state index in [4.69, 9.17) is 14.0 Å². The van der Waals surface area contributed by atoms with Crippen molar-refractivity contribution in [3.63, 3.8) is 0 Å². The van der Waals surface area contributed by atoms with Gasteiger partial charge >= 0.3 is 5.97 Å². The molecule has 0 radical (unpaired) electrons. The summed E-state index contributed by atoms with van der Waals surface area (Å²) in [5, 5.41) is 4.02. The minimum Gasteiger partial charge on any atom is -0.466 e. The number of nitrogens with zero attached hydrogens (tertiary/aromatic N) is 2. The van der Waals surface area contributed by atoms with E-state index in [0.29, 0.717) is 19.8 Å². The molecule has 0 amide bonds. The molecule has 1 fully saturated rings. The van der Waals surface area contributed by atoms with Gasteiger partial charge in [-0.15, -0.1) is 0 Å². The van der Waals surface area contributed by atoms with E-state index in [1.807, 2.05) is 13.0 Å². The predicted octanol–water partition coefficient (Wildman–Crippen LogP) is 1.60. The molecule has 1 atom stereocenters. The highest BCUT2D eigenvalue weighted by Crippen LogP contribution is 2.20. The molecule has 0 aliphatic carbocycles. The van der Waals surface area contributed by atoms with Crippen LogP contribution in [-0.4, -0.2) is 42.8 Å². The molecule has 6 heteroatoms. The van der Waals surface area contributed by atoms with Gasteiger partial charge < -0.3 is 14.0 Å². The number of methoxy groups -OCH3 is 1. The van der Waals surface area contributed by atoms with Crippen LogP contribution >= 0.6 is 0 Å². The van der Waals surface area contributed by atoms with Crippen LogP contribution in [0.25, 0.3) is 0 Å². The average Bonchev–Trinajstić information content (AvgIpc) is 2.87. The van der Waals surface area contributed by atoms with Gasteiger partial charge in [0.25, 0.3) is 0 Å². The van der Waals surface area contributed by atoms with Crippen LogP contribution < -0.4 is 0 Å². The maximum atomic E-state index is 11.8. The van der Waals surface area contributed by atoms with Gasteiger partial charge in [-0.25, -0.2) is 0 Å². The minimum absolute atomic E-state index is 0.0194. The summed E-state index contributed by atoms with van der Waals surface area (Å²) < 4.78 is 15.3. The zero-order valence-electron chi connectivity index (χ0n) is 12.1. The highest BCUT2D eigenvalue weighted by molar-refractivity contribution is 5.72. The van der Waals surface area contributed by atoms with Crippen molar-refractivity contribution < 1.29 is 18.8 Å². The van der Waals surface area contributed by atoms with Crippen LogP contribution in [0.2, 0.25) is 0 Å². The molecule has 6 nitrogen and oxygen atoms in total. The number of carbonyl (C=O) groups is 1. The molecule has 0 saturated carbocycles. The van der Waals surface area contributed by atoms with E-state index in [2.05, 4.69) is 10.1 Å². The SMILES string of the molecule is CCOC(=O)[C@H]1CCCN(Cc2cc(COC)on2)C1. The number of likely N-dealkylation sites (tertiary alicyclic amines) is 1. The predicted molar refractivity (Wildman–Crippen MR) is 71.9 cm³/mol. The lowest BCUT2D eigenvalue weighted by atomic mass is 9.98. The standard InChI is InChI=1S/C14H22N2O4/c1-3-19-14(17)11-5-4-6-16(8-11)9-12-7-13(10-18-2)20-15-12/h7,11H,3-6,8-10H2,1-2H3/t11-/m0/s1. The average molecular weight is 282 g/mol. The molecule has 0 spiro atoms. The fourth-order valence-electron chi connectivity index (χ4n) is 2.52. The molecule has 1 aliphatic heterocycles. The second-order valence-corrected chi connectivity index (χ2v) is 5.04. The third-order valence-electron chi connectivity index (χ3n) is 3.41. The van der Waals surface area contributed by atoms with Crippen LogP contribution in [0.15, 0.2) is 10.6 Å². The molecule has 20 heavy (non-hydrogen) atoms. The summed E-state index contributed by atoms with van der Waals surface area (Å²) in [4.78, 5) is 14.0. The van der Waals surface area contributed by atoms with Crippen LogP contribution in [0.5, 0.6) is 0 Å². The van der Waals surface area contributed by atoms with Crippen molar-refractivity contribution >= 4 is 5.97 Å². The molecule has 0 bridgehead atoms. The van der Waals surface area contributed by atoms with Gasteiger partial charge in [-0.3, -0.25) is 9.69 Å². The zero-order chi connectivity index (χ0) is 14.4. The molecule has 1 saturated heterocycles. The maximum absolute atomic E-state index is 11.8. The Hall–Kier alpha value is -1.40. The molecule has 1 aromatic rings. The fraction of sp³-hybridized carbons (Fsp3) is 0.714. The molecule has 112 valence electrons. The topological polar surface area (TPSA) is 64.8 Å². The first-order valence-corrected chi connectivity index (χ1v) is 7.05. The van der Waals surface area contributed by atoms with Gasteiger partial charge in [0, 0.05) is 26.3 Å². The third-order valence-corrected chi connectivity index (χ3v) is 3.41. The molecule has 1 aliphatic rings. The number of rotatable bonds is 6. The van der Waals surface area contributed by atoms with Crippen molar-refractivity contribution in [1.29, 1.82) is 0 Å². The molecule has 0 unspecified atom stereocenters. The van der Waals surface area contributed by atoms with Gasteiger partial charge in [-0.2, -0.15) is 0 Å². The Kier molecular flexibility index (Phi) is 5.55. The van der Waals surface area contributed by atoms with Crippen molar-refractivity contribution in [1.82, 2.24) is 10.1 Å². The van der Waals surface area contributed by atoms with Crippen LogP contribution in [0, 0.1) is 5.92 Å². The minimum atomic E-state index is -0.0857. The molecule has 1 aromatic heterocycles. The van der Waals surface area contributed by atoms with Crippen LogP contribution in [0.3, 0.4) is 0 Å². The molecule has 2 heterocycles. The summed E-state index contributed by atoms with van der Waals surface area (Å²) in [6.45, 7) is 5.11. The van der Waals surface area contributed by atoms with E-state index in [-0.39, 0.29) is 11.9 Å². The summed E-state index contributed by atoms with van der Waals surface area (Å²) >= 11 is 0. The smallest absolute Gasteiger partial charge is 0.310 e. The van der Waals surface area contributed by atoms with Crippen molar-refractivity contribution in [2.75, 3.05) is 26.8 Å². The van der Waals surface area contributed by atoms with Crippen molar-refractivity contribution in [3.8, 4) is 0 Å². The van der Waals surface area contributed by atoms with Gasteiger partial charge in [0.05, 0.1) is 18.2 Å². The number of carbonyl (C=O) groups excluding carboxylic acids is 1. The monoisotopic (exact) mass is 282 g/mol. The Morgan fingerprint density at radius 3 is 3.20 bits per heavy atom. The lowest BCUT2D eigenvalue weighted by molar-refractivity contribution is -0.150. The summed E-state index contributed by atoms with van der Waals surface area (Å²) in [5.74, 6) is 0.618. The second-order valence-electron chi connectivity index (χ2n) is 5.04. The number of hydrogen-bond acceptors (Lipinski definition) is 6. The third kappa shape index (κ3) is 4.05. The zero-order valence-corrected chi connectivity index (χ0v) is 12.1. The Labute approximate surface area is 119 Å². The van der Waals surface area contributed by atoms with Crippen molar-refractivity contribution in [3.05, 3.63) is 17.5 Å². The largest absolute Gasteiger partial charge is 0.466 e. The van der Waals surface area contributed by atoms with Gasteiger partial charge in [0.2, 0.25) is 0 Å². The van der Waals surface area contributed by atoms with E-state index < -0.39 is 0 Å². The van der Waals surface area contributed by atoms with Crippen LogP contribution in [0.4, 0.5) is 0 Å². The number of piperidine rings is 1. The van der Waals surface area contributed by atoms with E-state index >= 15 is 0 Å². The quantitative estimate of drug-likeness (QED) is 0.738. The Balaban J connectivity index is 1.87. The first-order chi connectivity index (χ1) is 9.72. The van der Waals surface area contributed by atoms with Crippen molar-refractivity contribution in [2.24, 2.45) is 5.92 Å². The first-order valence-electron chi connectivity index (χ1n) is 7.05. The van der Waals surface area contributed by atoms with Gasteiger partial charge in [-0.1, -0.05) is 5.16 Å². The maximum Gasteiger partial charge on any atom is 0.310 e. The lowest BCUT2D eigenvalue weighted by Gasteiger charge is -2.30. The number of ether oxygens (including phenoxy) is 2. The van der Waals surface area contributed by atoms with Crippen LogP contribution in [-0.2, 0) is 27.4 Å². The van der Waals surface area contributed by atoms with E-state index in [0.717, 1.165) is 37.4 Å². The molecule has 0 N–H and O–H groups in total. The number of esters is 1. The highest BCUT2D eigenvalue weighted by atomic mass is 16.5. The van der Waals surface area contributed by atoms with Gasteiger partial charge in [0.1, 0.15) is 6.61 Å². The summed E-state index contributed by atoms with van der Waals surface area (Å²) in [5.41, 5.74) is 0.876. The second kappa shape index (κ2) is 7.40. The summed E-state index contributed by atoms with van der Waals surface area (Å²) in [6.07, 6.45) is 1.91. The lowest BCUT2D eigenvalue weighted by Crippen LogP contribution is -2.39. The summed E-state index contributed by atoms with van der Waals surface area (Å²) in [6, 6.07) is 1.90.